The maximum Gasteiger partial charge on any atom is 0.123 e. The molecule has 14 heavy (non-hydrogen) atoms. The van der Waals surface area contributed by atoms with Crippen molar-refractivity contribution >= 4 is 0 Å². The molecule has 5 heteroatoms. The van der Waals surface area contributed by atoms with Crippen LogP contribution in [-0.4, -0.2) is 13.7 Å². The third-order valence-corrected chi connectivity index (χ3v) is 1.79. The summed E-state index contributed by atoms with van der Waals surface area (Å²) in [5.74, 6) is 0.293. The molecule has 74 valence electrons. The molecule has 0 aromatic heterocycles. The molecular weight excluding hydrogens is 185 g/mol. The van der Waals surface area contributed by atoms with Gasteiger partial charge in [0.25, 0.3) is 0 Å². The van der Waals surface area contributed by atoms with Crippen LogP contribution in [0.4, 0.5) is 4.39 Å². The Kier molecular flexibility index (Phi) is 3.76. The molecule has 1 aromatic carbocycles. The molecule has 0 atom stereocenters. The first-order chi connectivity index (χ1) is 6.77. The Bertz CT molecular complexity index is 361. The van der Waals surface area contributed by atoms with Crippen LogP contribution in [0.3, 0.4) is 0 Å². The molecule has 0 saturated carbocycles. The summed E-state index contributed by atoms with van der Waals surface area (Å²) in [5.41, 5.74) is 8.79. The van der Waals surface area contributed by atoms with Gasteiger partial charge in [-0.05, 0) is 35.7 Å². The number of azide groups is 1. The zero-order chi connectivity index (χ0) is 10.4. The summed E-state index contributed by atoms with van der Waals surface area (Å²) in [5, 5.41) is 3.37. The minimum Gasteiger partial charge on any atom is -0.496 e. The molecule has 0 N–H and O–H groups in total. The molecule has 0 spiro atoms. The van der Waals surface area contributed by atoms with E-state index in [4.69, 9.17) is 10.3 Å². The highest BCUT2D eigenvalue weighted by Crippen LogP contribution is 2.19. The molecule has 4 nitrogen and oxygen atoms in total. The zero-order valence-electron chi connectivity index (χ0n) is 7.77. The van der Waals surface area contributed by atoms with Crippen molar-refractivity contribution in [2.24, 2.45) is 5.11 Å². The molecular formula is C9H10FN3O. The third-order valence-electron chi connectivity index (χ3n) is 1.79. The molecule has 0 aliphatic carbocycles. The summed E-state index contributed by atoms with van der Waals surface area (Å²) in [4.78, 5) is 2.62. The molecule has 0 bridgehead atoms. The second-order valence-electron chi connectivity index (χ2n) is 2.66. The van der Waals surface area contributed by atoms with Gasteiger partial charge in [0, 0.05) is 11.5 Å². The van der Waals surface area contributed by atoms with Crippen molar-refractivity contribution in [3.8, 4) is 5.75 Å². The minimum absolute atomic E-state index is 0.302. The van der Waals surface area contributed by atoms with E-state index in [-0.39, 0.29) is 5.82 Å². The van der Waals surface area contributed by atoms with Crippen molar-refractivity contribution in [2.45, 2.75) is 6.42 Å². The Hall–Kier alpha value is -1.74. The average molecular weight is 195 g/mol. The average Bonchev–Trinajstić information content (AvgIpc) is 2.19. The van der Waals surface area contributed by atoms with Gasteiger partial charge in [0.1, 0.15) is 11.6 Å². The number of ether oxygens (including phenoxy) is 1. The number of rotatable bonds is 4. The summed E-state index contributed by atoms with van der Waals surface area (Å²) in [7, 11) is 1.52. The van der Waals surface area contributed by atoms with Gasteiger partial charge in [-0.3, -0.25) is 0 Å². The maximum absolute atomic E-state index is 12.8. The van der Waals surface area contributed by atoms with Crippen LogP contribution in [0.2, 0.25) is 0 Å². The fraction of sp³-hybridized carbons (Fsp3) is 0.333. The quantitative estimate of drug-likeness (QED) is 0.414. The number of halogens is 1. The lowest BCUT2D eigenvalue weighted by Gasteiger charge is -2.06. The van der Waals surface area contributed by atoms with Gasteiger partial charge in [0.05, 0.1) is 7.11 Å². The normalized spacial score (nSPS) is 9.29. The number of benzene rings is 1. The van der Waals surface area contributed by atoms with Crippen LogP contribution >= 0.6 is 0 Å². The largest absolute Gasteiger partial charge is 0.496 e. The van der Waals surface area contributed by atoms with E-state index in [0.717, 1.165) is 0 Å². The lowest BCUT2D eigenvalue weighted by molar-refractivity contribution is 0.408. The summed E-state index contributed by atoms with van der Waals surface area (Å²) in [6, 6.07) is 4.27. The Morgan fingerprint density at radius 1 is 1.57 bits per heavy atom. The van der Waals surface area contributed by atoms with Crippen molar-refractivity contribution in [3.63, 3.8) is 0 Å². The number of hydrogen-bond donors (Lipinski definition) is 0. The van der Waals surface area contributed by atoms with Crippen LogP contribution in [0.15, 0.2) is 23.3 Å². The molecule has 0 aliphatic heterocycles. The standard InChI is InChI=1S/C9H10FN3O/c1-14-9-3-2-8(10)6-7(9)4-5-12-13-11/h2-3,6H,4-5H2,1H3. The van der Waals surface area contributed by atoms with Gasteiger partial charge in [-0.2, -0.15) is 0 Å². The zero-order valence-corrected chi connectivity index (χ0v) is 7.77. The SMILES string of the molecule is COc1ccc(F)cc1CCN=[N+]=[N-]. The highest BCUT2D eigenvalue weighted by atomic mass is 19.1. The molecule has 0 fully saturated rings. The summed E-state index contributed by atoms with van der Waals surface area (Å²) >= 11 is 0. The lowest BCUT2D eigenvalue weighted by Crippen LogP contribution is -1.95. The Balaban J connectivity index is 2.81. The van der Waals surface area contributed by atoms with Gasteiger partial charge in [-0.25, -0.2) is 4.39 Å². The number of nitrogens with zero attached hydrogens (tertiary/aromatic N) is 3. The van der Waals surface area contributed by atoms with Gasteiger partial charge in [0.15, 0.2) is 0 Å². The van der Waals surface area contributed by atoms with E-state index in [2.05, 4.69) is 10.0 Å². The van der Waals surface area contributed by atoms with Crippen molar-refractivity contribution in [1.29, 1.82) is 0 Å². The Labute approximate surface area is 80.9 Å². The summed E-state index contributed by atoms with van der Waals surface area (Å²) < 4.78 is 17.9. The van der Waals surface area contributed by atoms with E-state index >= 15 is 0 Å². The van der Waals surface area contributed by atoms with E-state index < -0.39 is 0 Å². The van der Waals surface area contributed by atoms with Gasteiger partial charge >= 0.3 is 0 Å². The van der Waals surface area contributed by atoms with Crippen molar-refractivity contribution in [2.75, 3.05) is 13.7 Å². The third kappa shape index (κ3) is 2.64. The molecule has 0 aliphatic rings. The Morgan fingerprint density at radius 2 is 2.36 bits per heavy atom. The van der Waals surface area contributed by atoms with Crippen molar-refractivity contribution < 1.29 is 9.13 Å². The van der Waals surface area contributed by atoms with Gasteiger partial charge in [-0.15, -0.1) is 0 Å². The molecule has 1 aromatic rings. The van der Waals surface area contributed by atoms with Gasteiger partial charge in [0.2, 0.25) is 0 Å². The monoisotopic (exact) mass is 195 g/mol. The van der Waals surface area contributed by atoms with Crippen molar-refractivity contribution in [3.05, 3.63) is 40.0 Å². The second kappa shape index (κ2) is 5.09. The fourth-order valence-electron chi connectivity index (χ4n) is 1.16. The lowest BCUT2D eigenvalue weighted by atomic mass is 10.1. The second-order valence-corrected chi connectivity index (χ2v) is 2.66. The minimum atomic E-state index is -0.318. The number of methoxy groups -OCH3 is 1. The van der Waals surface area contributed by atoms with Gasteiger partial charge < -0.3 is 4.74 Å². The summed E-state index contributed by atoms with van der Waals surface area (Å²) in [6.45, 7) is 0.302. The van der Waals surface area contributed by atoms with Crippen LogP contribution in [0, 0.1) is 5.82 Å². The highest BCUT2D eigenvalue weighted by Gasteiger charge is 2.03. The topological polar surface area (TPSA) is 58.0 Å². The van der Waals surface area contributed by atoms with E-state index in [0.29, 0.717) is 24.3 Å². The molecule has 0 radical (unpaired) electrons. The van der Waals surface area contributed by atoms with Crippen LogP contribution in [-0.2, 0) is 6.42 Å². The Morgan fingerprint density at radius 3 is 3.00 bits per heavy atom. The fourth-order valence-corrected chi connectivity index (χ4v) is 1.16. The van der Waals surface area contributed by atoms with E-state index in [9.17, 15) is 4.39 Å². The van der Waals surface area contributed by atoms with Crippen LogP contribution in [0.25, 0.3) is 10.4 Å². The van der Waals surface area contributed by atoms with Crippen molar-refractivity contribution in [1.82, 2.24) is 0 Å². The summed E-state index contributed by atoms with van der Waals surface area (Å²) in [6.07, 6.45) is 0.477. The maximum atomic E-state index is 12.8. The first-order valence-electron chi connectivity index (χ1n) is 4.11. The van der Waals surface area contributed by atoms with Crippen LogP contribution in [0.5, 0.6) is 5.75 Å². The van der Waals surface area contributed by atoms with Crippen LogP contribution < -0.4 is 4.74 Å². The first-order valence-corrected chi connectivity index (χ1v) is 4.11. The molecule has 0 saturated heterocycles. The predicted molar refractivity (Wildman–Crippen MR) is 50.7 cm³/mol. The van der Waals surface area contributed by atoms with Crippen LogP contribution in [0.1, 0.15) is 5.56 Å². The smallest absolute Gasteiger partial charge is 0.123 e. The first kappa shape index (κ1) is 10.3. The highest BCUT2D eigenvalue weighted by molar-refractivity contribution is 5.34. The van der Waals surface area contributed by atoms with Gasteiger partial charge in [-0.1, -0.05) is 5.11 Å². The molecule has 0 unspecified atom stereocenters. The van der Waals surface area contributed by atoms with E-state index in [1.54, 1.807) is 6.07 Å². The molecule has 1 rings (SSSR count). The molecule has 0 heterocycles. The van der Waals surface area contributed by atoms with E-state index in [1.807, 2.05) is 0 Å². The predicted octanol–water partition coefficient (Wildman–Crippen LogP) is 2.69. The molecule has 0 amide bonds. The van der Waals surface area contributed by atoms with E-state index in [1.165, 1.54) is 19.2 Å². The number of hydrogen-bond acceptors (Lipinski definition) is 2.